The normalized spacial score (nSPS) is 12.3. The average Bonchev–Trinajstić information content (AvgIpc) is 3.12. The van der Waals surface area contributed by atoms with Gasteiger partial charge in [-0.1, -0.05) is 35.3 Å². The van der Waals surface area contributed by atoms with Crippen LogP contribution in [-0.2, 0) is 9.53 Å². The van der Waals surface area contributed by atoms with E-state index in [2.05, 4.69) is 0 Å². The molecule has 1 aliphatic heterocycles. The van der Waals surface area contributed by atoms with Crippen LogP contribution in [0.15, 0.2) is 66.7 Å². The van der Waals surface area contributed by atoms with Gasteiger partial charge in [0.25, 0.3) is 11.8 Å². The van der Waals surface area contributed by atoms with Gasteiger partial charge in [-0.3, -0.25) is 24.1 Å². The number of hydrogen-bond donors (Lipinski definition) is 0. The van der Waals surface area contributed by atoms with Crippen LogP contribution in [0.1, 0.15) is 47.9 Å². The number of Topliss-reactive ketones (excluding diaryl/α,β-unsaturated/α-hetero) is 1. The van der Waals surface area contributed by atoms with Crippen molar-refractivity contribution in [3.8, 4) is 5.75 Å². The summed E-state index contributed by atoms with van der Waals surface area (Å²) >= 11 is 11.7. The highest BCUT2D eigenvalue weighted by Crippen LogP contribution is 2.24. The summed E-state index contributed by atoms with van der Waals surface area (Å²) in [5.41, 5.74) is 1.02. The molecule has 0 fully saturated rings. The Hall–Kier alpha value is -4.01. The number of halogens is 2. The van der Waals surface area contributed by atoms with Crippen LogP contribution < -0.4 is 4.74 Å². The molecular weight excluding hydrogens is 509 g/mol. The SMILES string of the molecule is O=C(CCN1C(=O)c2ccccc2C1=O)OCC(=O)c1ccc(OC(=O)c2ccc(Cl)c(Cl)c2)cc1. The van der Waals surface area contributed by atoms with E-state index in [1.807, 2.05) is 0 Å². The summed E-state index contributed by atoms with van der Waals surface area (Å²) < 4.78 is 10.2. The minimum absolute atomic E-state index is 0.154. The van der Waals surface area contributed by atoms with Crippen molar-refractivity contribution in [2.45, 2.75) is 6.42 Å². The van der Waals surface area contributed by atoms with Crippen molar-refractivity contribution < 1.29 is 33.4 Å². The van der Waals surface area contributed by atoms with Crippen LogP contribution in [0.5, 0.6) is 5.75 Å². The lowest BCUT2D eigenvalue weighted by Gasteiger charge is -2.13. The summed E-state index contributed by atoms with van der Waals surface area (Å²) in [4.78, 5) is 62.3. The van der Waals surface area contributed by atoms with Gasteiger partial charge in [-0.2, -0.15) is 0 Å². The van der Waals surface area contributed by atoms with E-state index >= 15 is 0 Å². The highest BCUT2D eigenvalue weighted by molar-refractivity contribution is 6.42. The van der Waals surface area contributed by atoms with Crippen LogP contribution in [-0.4, -0.2) is 47.6 Å². The Bertz CT molecular complexity index is 1350. The fourth-order valence-corrected chi connectivity index (χ4v) is 3.74. The first-order valence-corrected chi connectivity index (χ1v) is 11.4. The van der Waals surface area contributed by atoms with Crippen LogP contribution in [0.4, 0.5) is 0 Å². The van der Waals surface area contributed by atoms with Gasteiger partial charge in [-0.05, 0) is 54.6 Å². The summed E-state index contributed by atoms with van der Waals surface area (Å²) in [7, 11) is 0. The summed E-state index contributed by atoms with van der Waals surface area (Å²) in [6.45, 7) is -0.679. The van der Waals surface area contributed by atoms with E-state index in [0.717, 1.165) is 4.90 Å². The lowest BCUT2D eigenvalue weighted by atomic mass is 10.1. The number of carbonyl (C=O) groups is 5. The number of carbonyl (C=O) groups excluding carboxylic acids is 5. The third kappa shape index (κ3) is 5.45. The van der Waals surface area contributed by atoms with Crippen molar-refractivity contribution in [2.24, 2.45) is 0 Å². The van der Waals surface area contributed by atoms with Crippen molar-refractivity contribution >= 4 is 52.7 Å². The lowest BCUT2D eigenvalue weighted by molar-refractivity contribution is -0.142. The Morgan fingerprint density at radius 2 is 1.39 bits per heavy atom. The molecule has 182 valence electrons. The first-order chi connectivity index (χ1) is 17.2. The van der Waals surface area contributed by atoms with E-state index in [-0.39, 0.29) is 46.0 Å². The van der Waals surface area contributed by atoms with Crippen LogP contribution in [0.25, 0.3) is 0 Å². The minimum atomic E-state index is -0.730. The zero-order chi connectivity index (χ0) is 25.8. The van der Waals surface area contributed by atoms with E-state index in [1.165, 1.54) is 42.5 Å². The zero-order valence-electron chi connectivity index (χ0n) is 18.5. The summed E-state index contributed by atoms with van der Waals surface area (Å²) in [5.74, 6) is -2.61. The second-order valence-corrected chi connectivity index (χ2v) is 8.50. The molecule has 36 heavy (non-hydrogen) atoms. The largest absolute Gasteiger partial charge is 0.457 e. The van der Waals surface area contributed by atoms with Gasteiger partial charge >= 0.3 is 11.9 Å². The van der Waals surface area contributed by atoms with Crippen molar-refractivity contribution in [2.75, 3.05) is 13.2 Å². The van der Waals surface area contributed by atoms with Crippen molar-refractivity contribution in [3.05, 3.63) is 99.0 Å². The fourth-order valence-electron chi connectivity index (χ4n) is 3.44. The maximum atomic E-state index is 12.4. The number of fused-ring (bicyclic) bond motifs is 1. The highest BCUT2D eigenvalue weighted by Gasteiger charge is 2.35. The van der Waals surface area contributed by atoms with Gasteiger partial charge in [0.1, 0.15) is 5.75 Å². The molecule has 0 saturated carbocycles. The Morgan fingerprint density at radius 1 is 0.778 bits per heavy atom. The molecule has 3 aromatic carbocycles. The molecule has 0 aliphatic carbocycles. The molecule has 1 heterocycles. The van der Waals surface area contributed by atoms with Crippen LogP contribution in [0.2, 0.25) is 10.0 Å². The fraction of sp³-hybridized carbons (Fsp3) is 0.115. The average molecular weight is 526 g/mol. The molecule has 0 saturated heterocycles. The maximum absolute atomic E-state index is 12.4. The number of ketones is 1. The molecule has 2 amide bonds. The second kappa shape index (κ2) is 10.7. The smallest absolute Gasteiger partial charge is 0.343 e. The van der Waals surface area contributed by atoms with E-state index in [0.29, 0.717) is 5.02 Å². The Labute approximate surface area is 215 Å². The first kappa shape index (κ1) is 25.1. The number of hydrogen-bond acceptors (Lipinski definition) is 7. The molecule has 0 aromatic heterocycles. The third-order valence-electron chi connectivity index (χ3n) is 5.32. The molecule has 0 N–H and O–H groups in total. The van der Waals surface area contributed by atoms with Crippen LogP contribution in [0.3, 0.4) is 0 Å². The number of imide groups is 1. The second-order valence-electron chi connectivity index (χ2n) is 7.68. The monoisotopic (exact) mass is 525 g/mol. The summed E-state index contributed by atoms with van der Waals surface area (Å²) in [6, 6.07) is 16.4. The van der Waals surface area contributed by atoms with E-state index in [4.69, 9.17) is 32.7 Å². The molecule has 8 nitrogen and oxygen atoms in total. The van der Waals surface area contributed by atoms with Crippen molar-refractivity contribution in [1.82, 2.24) is 4.90 Å². The Balaban J connectivity index is 1.25. The summed E-state index contributed by atoms with van der Waals surface area (Å²) in [5, 5.41) is 0.519. The van der Waals surface area contributed by atoms with Gasteiger partial charge in [0, 0.05) is 12.1 Å². The standard InChI is InChI=1S/C26H17Cl2NO7/c27-20-10-7-16(13-21(20)28)26(34)36-17-8-5-15(6-9-17)22(30)14-35-23(31)11-12-29-24(32)18-3-1-2-4-19(18)25(29)33/h1-10,13H,11-12,14H2. The van der Waals surface area contributed by atoms with Gasteiger partial charge in [-0.25, -0.2) is 4.79 Å². The molecule has 3 aromatic rings. The topological polar surface area (TPSA) is 107 Å². The number of amides is 2. The number of esters is 2. The molecule has 1 aliphatic rings. The number of ether oxygens (including phenoxy) is 2. The molecule has 0 spiro atoms. The van der Waals surface area contributed by atoms with Gasteiger partial charge < -0.3 is 9.47 Å². The van der Waals surface area contributed by atoms with Crippen molar-refractivity contribution in [1.29, 1.82) is 0 Å². The van der Waals surface area contributed by atoms with Crippen molar-refractivity contribution in [3.63, 3.8) is 0 Å². The molecule has 0 unspecified atom stereocenters. The highest BCUT2D eigenvalue weighted by atomic mass is 35.5. The molecule has 10 heteroatoms. The maximum Gasteiger partial charge on any atom is 0.343 e. The number of nitrogens with zero attached hydrogens (tertiary/aromatic N) is 1. The molecule has 4 rings (SSSR count). The van der Waals surface area contributed by atoms with E-state index < -0.39 is 36.1 Å². The van der Waals surface area contributed by atoms with Crippen LogP contribution in [0, 0.1) is 0 Å². The summed E-state index contributed by atoms with van der Waals surface area (Å²) in [6.07, 6.45) is -0.248. The first-order valence-electron chi connectivity index (χ1n) is 10.7. The third-order valence-corrected chi connectivity index (χ3v) is 6.06. The predicted molar refractivity (Wildman–Crippen MR) is 130 cm³/mol. The molecule has 0 atom stereocenters. The van der Waals surface area contributed by atoms with E-state index in [1.54, 1.807) is 24.3 Å². The predicted octanol–water partition coefficient (Wildman–Crippen LogP) is 4.62. The quantitative estimate of drug-likeness (QED) is 0.182. The Kier molecular flexibility index (Phi) is 7.47. The number of benzene rings is 3. The number of rotatable bonds is 8. The van der Waals surface area contributed by atoms with Gasteiger partial charge in [0.2, 0.25) is 0 Å². The van der Waals surface area contributed by atoms with Crippen LogP contribution >= 0.6 is 23.2 Å². The van der Waals surface area contributed by atoms with E-state index in [9.17, 15) is 24.0 Å². The zero-order valence-corrected chi connectivity index (χ0v) is 20.0. The molecular formula is C26H17Cl2NO7. The molecule has 0 radical (unpaired) electrons. The van der Waals surface area contributed by atoms with Gasteiger partial charge in [-0.15, -0.1) is 0 Å². The minimum Gasteiger partial charge on any atom is -0.457 e. The van der Waals surface area contributed by atoms with Gasteiger partial charge in [0.05, 0.1) is 33.2 Å². The van der Waals surface area contributed by atoms with Gasteiger partial charge in [0.15, 0.2) is 12.4 Å². The lowest BCUT2D eigenvalue weighted by Crippen LogP contribution is -2.32. The molecule has 0 bridgehead atoms. The Morgan fingerprint density at radius 3 is 2.00 bits per heavy atom.